The fourth-order valence-corrected chi connectivity index (χ4v) is 2.42. The van der Waals surface area contributed by atoms with Crippen LogP contribution >= 0.6 is 0 Å². The molecule has 0 atom stereocenters. The van der Waals surface area contributed by atoms with Gasteiger partial charge in [-0.2, -0.15) is 4.98 Å². The van der Waals surface area contributed by atoms with Gasteiger partial charge in [-0.1, -0.05) is 18.0 Å². The third-order valence-corrected chi connectivity index (χ3v) is 3.64. The zero-order valence-corrected chi connectivity index (χ0v) is 11.1. The van der Waals surface area contributed by atoms with Crippen LogP contribution in [-0.2, 0) is 11.2 Å². The van der Waals surface area contributed by atoms with Crippen LogP contribution in [0.1, 0.15) is 31.5 Å². The molecule has 0 saturated heterocycles. The summed E-state index contributed by atoms with van der Waals surface area (Å²) in [5.41, 5.74) is -0.801. The van der Waals surface area contributed by atoms with Gasteiger partial charge < -0.3 is 20.3 Å². The summed E-state index contributed by atoms with van der Waals surface area (Å²) in [6.45, 7) is 0.530. The van der Waals surface area contributed by atoms with E-state index in [1.807, 2.05) is 0 Å². The molecular formula is C12H18N4O4. The van der Waals surface area contributed by atoms with Gasteiger partial charge in [-0.3, -0.25) is 4.79 Å². The zero-order valence-electron chi connectivity index (χ0n) is 11.1. The standard InChI is InChI=1S/C12H18N4O4/c17-10(18)12(4-1-2-5-12)7-14-11(19)13-6-3-9-15-8-20-16-9/h8H,1-7H2,(H,17,18)(H2,13,14,19). The van der Waals surface area contributed by atoms with Crippen LogP contribution in [0.2, 0.25) is 0 Å². The topological polar surface area (TPSA) is 117 Å². The van der Waals surface area contributed by atoms with E-state index in [9.17, 15) is 14.7 Å². The third-order valence-electron chi connectivity index (χ3n) is 3.64. The van der Waals surface area contributed by atoms with Crippen molar-refractivity contribution in [3.05, 3.63) is 12.2 Å². The van der Waals surface area contributed by atoms with Crippen molar-refractivity contribution in [2.75, 3.05) is 13.1 Å². The Bertz CT molecular complexity index is 454. The van der Waals surface area contributed by atoms with Crippen LogP contribution in [0.15, 0.2) is 10.9 Å². The van der Waals surface area contributed by atoms with Crippen molar-refractivity contribution >= 4 is 12.0 Å². The lowest BCUT2D eigenvalue weighted by atomic mass is 9.86. The molecule has 1 saturated carbocycles. The number of carboxylic acid groups (broad SMARTS) is 1. The summed E-state index contributed by atoms with van der Waals surface area (Å²) < 4.78 is 4.57. The number of urea groups is 1. The normalized spacial score (nSPS) is 16.8. The van der Waals surface area contributed by atoms with E-state index in [1.54, 1.807) is 0 Å². The molecule has 2 rings (SSSR count). The van der Waals surface area contributed by atoms with Gasteiger partial charge in [0, 0.05) is 19.5 Å². The summed E-state index contributed by atoms with van der Waals surface area (Å²) >= 11 is 0. The molecular weight excluding hydrogens is 264 g/mol. The molecule has 0 aromatic carbocycles. The lowest BCUT2D eigenvalue weighted by molar-refractivity contribution is -0.148. The first-order valence-electron chi connectivity index (χ1n) is 6.63. The molecule has 2 amide bonds. The SMILES string of the molecule is O=C(NCCc1ncon1)NCC1(C(=O)O)CCCC1. The van der Waals surface area contributed by atoms with Crippen molar-refractivity contribution in [3.8, 4) is 0 Å². The summed E-state index contributed by atoms with van der Waals surface area (Å²) in [6, 6.07) is -0.374. The van der Waals surface area contributed by atoms with Gasteiger partial charge in [-0.15, -0.1) is 0 Å². The van der Waals surface area contributed by atoms with E-state index in [1.165, 1.54) is 6.39 Å². The Morgan fingerprint density at radius 1 is 1.35 bits per heavy atom. The number of nitrogens with zero attached hydrogens (tertiary/aromatic N) is 2. The van der Waals surface area contributed by atoms with Crippen molar-refractivity contribution in [1.29, 1.82) is 0 Å². The fraction of sp³-hybridized carbons (Fsp3) is 0.667. The number of hydrogen-bond donors (Lipinski definition) is 3. The van der Waals surface area contributed by atoms with E-state index < -0.39 is 11.4 Å². The number of nitrogens with one attached hydrogen (secondary N) is 2. The van der Waals surface area contributed by atoms with Crippen LogP contribution in [0.4, 0.5) is 4.79 Å². The highest BCUT2D eigenvalue weighted by Crippen LogP contribution is 2.37. The first kappa shape index (κ1) is 14.3. The Morgan fingerprint density at radius 3 is 2.70 bits per heavy atom. The Balaban J connectivity index is 1.70. The molecule has 0 bridgehead atoms. The maximum atomic E-state index is 11.6. The number of carbonyl (C=O) groups is 2. The first-order valence-corrected chi connectivity index (χ1v) is 6.63. The minimum absolute atomic E-state index is 0.163. The highest BCUT2D eigenvalue weighted by molar-refractivity contribution is 5.78. The molecule has 110 valence electrons. The van der Waals surface area contributed by atoms with Crippen LogP contribution in [-0.4, -0.2) is 40.3 Å². The highest BCUT2D eigenvalue weighted by Gasteiger charge is 2.41. The number of amides is 2. The van der Waals surface area contributed by atoms with Gasteiger partial charge >= 0.3 is 12.0 Å². The Kier molecular flexibility index (Phi) is 4.54. The van der Waals surface area contributed by atoms with Crippen LogP contribution in [0.5, 0.6) is 0 Å². The maximum Gasteiger partial charge on any atom is 0.314 e. The molecule has 3 N–H and O–H groups in total. The van der Waals surface area contributed by atoms with Crippen molar-refractivity contribution in [1.82, 2.24) is 20.8 Å². The van der Waals surface area contributed by atoms with Gasteiger partial charge in [-0.05, 0) is 12.8 Å². The van der Waals surface area contributed by atoms with Crippen LogP contribution in [0, 0.1) is 5.41 Å². The number of aromatic nitrogens is 2. The van der Waals surface area contributed by atoms with E-state index in [2.05, 4.69) is 25.3 Å². The lowest BCUT2D eigenvalue weighted by Gasteiger charge is -2.23. The molecule has 0 unspecified atom stereocenters. The number of carbonyl (C=O) groups excluding carboxylic acids is 1. The molecule has 1 fully saturated rings. The van der Waals surface area contributed by atoms with E-state index in [0.717, 1.165) is 12.8 Å². The van der Waals surface area contributed by atoms with Crippen molar-refractivity contribution in [2.24, 2.45) is 5.41 Å². The summed E-state index contributed by atoms with van der Waals surface area (Å²) in [7, 11) is 0. The zero-order chi connectivity index (χ0) is 14.4. The van der Waals surface area contributed by atoms with E-state index in [4.69, 9.17) is 0 Å². The minimum atomic E-state index is -0.831. The summed E-state index contributed by atoms with van der Waals surface area (Å²) in [5.74, 6) is -0.315. The molecule has 1 aromatic rings. The number of carboxylic acids is 1. The fourth-order valence-electron chi connectivity index (χ4n) is 2.42. The second-order valence-electron chi connectivity index (χ2n) is 5.00. The average molecular weight is 282 g/mol. The minimum Gasteiger partial charge on any atom is -0.481 e. The van der Waals surface area contributed by atoms with E-state index in [-0.39, 0.29) is 12.6 Å². The monoisotopic (exact) mass is 282 g/mol. The maximum absolute atomic E-state index is 11.6. The molecule has 0 aliphatic heterocycles. The van der Waals surface area contributed by atoms with Crippen molar-refractivity contribution < 1.29 is 19.2 Å². The Hall–Kier alpha value is -2.12. The molecule has 1 heterocycles. The molecule has 1 aliphatic carbocycles. The molecule has 1 aliphatic rings. The number of hydrogen-bond acceptors (Lipinski definition) is 5. The van der Waals surface area contributed by atoms with Crippen LogP contribution in [0.3, 0.4) is 0 Å². The summed E-state index contributed by atoms with van der Waals surface area (Å²) in [4.78, 5) is 26.7. The van der Waals surface area contributed by atoms with Crippen LogP contribution in [0.25, 0.3) is 0 Å². The molecule has 20 heavy (non-hydrogen) atoms. The summed E-state index contributed by atoms with van der Waals surface area (Å²) in [5, 5.41) is 18.2. The smallest absolute Gasteiger partial charge is 0.314 e. The van der Waals surface area contributed by atoms with Crippen molar-refractivity contribution in [3.63, 3.8) is 0 Å². The van der Waals surface area contributed by atoms with Gasteiger partial charge in [0.2, 0.25) is 6.39 Å². The number of aliphatic carboxylic acids is 1. The molecule has 0 spiro atoms. The molecule has 8 heteroatoms. The predicted molar refractivity (Wildman–Crippen MR) is 67.9 cm³/mol. The number of rotatable bonds is 6. The van der Waals surface area contributed by atoms with Gasteiger partial charge in [0.25, 0.3) is 0 Å². The molecule has 8 nitrogen and oxygen atoms in total. The Labute approximate surface area is 115 Å². The van der Waals surface area contributed by atoms with Gasteiger partial charge in [0.1, 0.15) is 0 Å². The predicted octanol–water partition coefficient (Wildman–Crippen LogP) is 0.556. The lowest BCUT2D eigenvalue weighted by Crippen LogP contribution is -2.45. The second kappa shape index (κ2) is 6.36. The van der Waals surface area contributed by atoms with Gasteiger partial charge in [0.15, 0.2) is 5.82 Å². The largest absolute Gasteiger partial charge is 0.481 e. The quantitative estimate of drug-likeness (QED) is 0.701. The second-order valence-corrected chi connectivity index (χ2v) is 5.00. The average Bonchev–Trinajstić information content (AvgIpc) is 3.08. The van der Waals surface area contributed by atoms with E-state index in [0.29, 0.717) is 31.6 Å². The van der Waals surface area contributed by atoms with Gasteiger partial charge in [-0.25, -0.2) is 4.79 Å². The molecule has 1 aromatic heterocycles. The first-order chi connectivity index (χ1) is 9.62. The van der Waals surface area contributed by atoms with Crippen LogP contribution < -0.4 is 10.6 Å². The van der Waals surface area contributed by atoms with Crippen molar-refractivity contribution in [2.45, 2.75) is 32.1 Å². The highest BCUT2D eigenvalue weighted by atomic mass is 16.5. The Morgan fingerprint density at radius 2 is 2.10 bits per heavy atom. The molecule has 0 radical (unpaired) electrons. The van der Waals surface area contributed by atoms with E-state index >= 15 is 0 Å². The third kappa shape index (κ3) is 3.46. The van der Waals surface area contributed by atoms with Gasteiger partial charge in [0.05, 0.1) is 5.41 Å². The summed E-state index contributed by atoms with van der Waals surface area (Å²) in [6.07, 6.45) is 4.72.